The van der Waals surface area contributed by atoms with Crippen LogP contribution in [0.5, 0.6) is 0 Å². The first kappa shape index (κ1) is 15.4. The van der Waals surface area contributed by atoms with Crippen LogP contribution in [0.25, 0.3) is 0 Å². The Morgan fingerprint density at radius 1 is 1.20 bits per heavy atom. The number of hydrogen-bond donors (Lipinski definition) is 1. The highest BCUT2D eigenvalue weighted by Crippen LogP contribution is 2.17. The molecule has 1 aliphatic heterocycles. The number of morpholine rings is 1. The summed E-state index contributed by atoms with van der Waals surface area (Å²) in [6, 6.07) is 7.12. The van der Waals surface area contributed by atoms with Crippen molar-refractivity contribution in [3.8, 4) is 0 Å². The second-order valence-electron chi connectivity index (χ2n) is 4.84. The molecule has 0 saturated carbocycles. The Bertz CT molecular complexity index is 508. The zero-order valence-electron chi connectivity index (χ0n) is 11.8. The SMILES string of the molecule is CCCNCc1ccc(S(=O)(=O)N2CCOCC2)cc1. The molecule has 5 nitrogen and oxygen atoms in total. The molecule has 1 aliphatic rings. The van der Waals surface area contributed by atoms with Gasteiger partial charge in [-0.25, -0.2) is 8.42 Å². The molecule has 2 rings (SSSR count). The number of sulfonamides is 1. The lowest BCUT2D eigenvalue weighted by Crippen LogP contribution is -2.40. The molecule has 1 N–H and O–H groups in total. The molecule has 1 saturated heterocycles. The van der Waals surface area contributed by atoms with E-state index in [1.165, 1.54) is 4.31 Å². The van der Waals surface area contributed by atoms with Crippen molar-refractivity contribution in [1.29, 1.82) is 0 Å². The van der Waals surface area contributed by atoms with Crippen molar-refractivity contribution in [2.24, 2.45) is 0 Å². The minimum Gasteiger partial charge on any atom is -0.379 e. The maximum atomic E-state index is 12.4. The lowest BCUT2D eigenvalue weighted by Gasteiger charge is -2.26. The van der Waals surface area contributed by atoms with Gasteiger partial charge in [0.1, 0.15) is 0 Å². The second kappa shape index (κ2) is 7.17. The Hall–Kier alpha value is -0.950. The van der Waals surface area contributed by atoms with E-state index in [0.717, 1.165) is 25.1 Å². The van der Waals surface area contributed by atoms with Crippen LogP contribution < -0.4 is 5.32 Å². The van der Waals surface area contributed by atoms with E-state index in [2.05, 4.69) is 12.2 Å². The van der Waals surface area contributed by atoms with E-state index in [-0.39, 0.29) is 0 Å². The molecular weight excluding hydrogens is 276 g/mol. The van der Waals surface area contributed by atoms with Crippen LogP contribution in [-0.4, -0.2) is 45.6 Å². The van der Waals surface area contributed by atoms with Crippen molar-refractivity contribution in [1.82, 2.24) is 9.62 Å². The maximum absolute atomic E-state index is 12.4. The summed E-state index contributed by atoms with van der Waals surface area (Å²) in [5, 5.41) is 3.30. The lowest BCUT2D eigenvalue weighted by atomic mass is 10.2. The summed E-state index contributed by atoms with van der Waals surface area (Å²) >= 11 is 0. The van der Waals surface area contributed by atoms with Crippen molar-refractivity contribution in [2.75, 3.05) is 32.8 Å². The molecule has 1 fully saturated rings. The van der Waals surface area contributed by atoms with Gasteiger partial charge in [0.05, 0.1) is 18.1 Å². The molecule has 1 aromatic rings. The van der Waals surface area contributed by atoms with Gasteiger partial charge < -0.3 is 10.1 Å². The summed E-state index contributed by atoms with van der Waals surface area (Å²) in [6.07, 6.45) is 1.09. The third-order valence-corrected chi connectivity index (χ3v) is 5.20. The average Bonchev–Trinajstić information content (AvgIpc) is 2.49. The summed E-state index contributed by atoms with van der Waals surface area (Å²) in [7, 11) is -3.37. The van der Waals surface area contributed by atoms with E-state index < -0.39 is 10.0 Å². The van der Waals surface area contributed by atoms with E-state index in [0.29, 0.717) is 31.2 Å². The van der Waals surface area contributed by atoms with Crippen LogP contribution in [0.2, 0.25) is 0 Å². The lowest BCUT2D eigenvalue weighted by molar-refractivity contribution is 0.0730. The van der Waals surface area contributed by atoms with Crippen molar-refractivity contribution < 1.29 is 13.2 Å². The van der Waals surface area contributed by atoms with Gasteiger partial charge in [-0.3, -0.25) is 0 Å². The van der Waals surface area contributed by atoms with Gasteiger partial charge in [-0.05, 0) is 30.7 Å². The molecule has 1 aromatic carbocycles. The molecule has 0 aliphatic carbocycles. The molecule has 0 amide bonds. The number of rotatable bonds is 6. The van der Waals surface area contributed by atoms with Gasteiger partial charge in [-0.15, -0.1) is 0 Å². The molecule has 112 valence electrons. The highest BCUT2D eigenvalue weighted by atomic mass is 32.2. The maximum Gasteiger partial charge on any atom is 0.243 e. The molecule has 0 aromatic heterocycles. The third kappa shape index (κ3) is 3.79. The molecule has 1 heterocycles. The van der Waals surface area contributed by atoms with Gasteiger partial charge in [0.2, 0.25) is 10.0 Å². The summed E-state index contributed by atoms with van der Waals surface area (Å²) in [6.45, 7) is 5.66. The highest BCUT2D eigenvalue weighted by molar-refractivity contribution is 7.89. The Kier molecular flexibility index (Phi) is 5.54. The van der Waals surface area contributed by atoms with E-state index in [1.807, 2.05) is 12.1 Å². The molecule has 20 heavy (non-hydrogen) atoms. The molecular formula is C14H22N2O3S. The van der Waals surface area contributed by atoms with Crippen molar-refractivity contribution in [2.45, 2.75) is 24.8 Å². The number of ether oxygens (including phenoxy) is 1. The van der Waals surface area contributed by atoms with E-state index >= 15 is 0 Å². The van der Waals surface area contributed by atoms with Crippen molar-refractivity contribution in [3.63, 3.8) is 0 Å². The van der Waals surface area contributed by atoms with Crippen LogP contribution >= 0.6 is 0 Å². The molecule has 0 unspecified atom stereocenters. The van der Waals surface area contributed by atoms with Gasteiger partial charge >= 0.3 is 0 Å². The van der Waals surface area contributed by atoms with Crippen LogP contribution in [0.15, 0.2) is 29.2 Å². The first-order chi connectivity index (χ1) is 9.64. The number of nitrogens with one attached hydrogen (secondary N) is 1. The Morgan fingerprint density at radius 3 is 2.45 bits per heavy atom. The van der Waals surface area contributed by atoms with Crippen molar-refractivity contribution >= 4 is 10.0 Å². The largest absolute Gasteiger partial charge is 0.379 e. The van der Waals surface area contributed by atoms with Crippen LogP contribution in [0.3, 0.4) is 0 Å². The monoisotopic (exact) mass is 298 g/mol. The first-order valence-electron chi connectivity index (χ1n) is 7.02. The molecule has 6 heteroatoms. The van der Waals surface area contributed by atoms with E-state index in [9.17, 15) is 8.42 Å². The molecule has 0 radical (unpaired) electrons. The van der Waals surface area contributed by atoms with Crippen LogP contribution in [0, 0.1) is 0 Å². The fraction of sp³-hybridized carbons (Fsp3) is 0.571. The molecule has 0 atom stereocenters. The first-order valence-corrected chi connectivity index (χ1v) is 8.46. The summed E-state index contributed by atoms with van der Waals surface area (Å²) in [4.78, 5) is 0.360. The molecule has 0 spiro atoms. The zero-order chi connectivity index (χ0) is 14.4. The summed E-state index contributed by atoms with van der Waals surface area (Å²) < 4.78 is 31.5. The van der Waals surface area contributed by atoms with Gasteiger partial charge in [0.15, 0.2) is 0 Å². The number of benzene rings is 1. The predicted octanol–water partition coefficient (Wildman–Crippen LogP) is 1.21. The topological polar surface area (TPSA) is 58.6 Å². The molecule has 0 bridgehead atoms. The van der Waals surface area contributed by atoms with Crippen LogP contribution in [-0.2, 0) is 21.3 Å². The van der Waals surface area contributed by atoms with Gasteiger partial charge in [0.25, 0.3) is 0 Å². The quantitative estimate of drug-likeness (QED) is 0.802. The summed E-state index contributed by atoms with van der Waals surface area (Å²) in [5.41, 5.74) is 1.10. The van der Waals surface area contributed by atoms with Gasteiger partial charge in [0, 0.05) is 19.6 Å². The number of nitrogens with zero attached hydrogens (tertiary/aromatic N) is 1. The van der Waals surface area contributed by atoms with Gasteiger partial charge in [-0.2, -0.15) is 4.31 Å². The predicted molar refractivity (Wildman–Crippen MR) is 78.0 cm³/mol. The van der Waals surface area contributed by atoms with Crippen molar-refractivity contribution in [3.05, 3.63) is 29.8 Å². The Morgan fingerprint density at radius 2 is 1.85 bits per heavy atom. The Labute approximate surface area is 121 Å². The second-order valence-corrected chi connectivity index (χ2v) is 6.78. The van der Waals surface area contributed by atoms with Gasteiger partial charge in [-0.1, -0.05) is 19.1 Å². The fourth-order valence-electron chi connectivity index (χ4n) is 2.12. The van der Waals surface area contributed by atoms with Crippen LogP contribution in [0.4, 0.5) is 0 Å². The Balaban J connectivity index is 2.04. The third-order valence-electron chi connectivity index (χ3n) is 3.29. The standard InChI is InChI=1S/C14H22N2O3S/c1-2-7-15-12-13-3-5-14(6-4-13)20(17,18)16-8-10-19-11-9-16/h3-6,15H,2,7-12H2,1H3. The highest BCUT2D eigenvalue weighted by Gasteiger charge is 2.25. The number of hydrogen-bond acceptors (Lipinski definition) is 4. The normalized spacial score (nSPS) is 17.2. The van der Waals surface area contributed by atoms with E-state index in [4.69, 9.17) is 4.74 Å². The average molecular weight is 298 g/mol. The summed E-state index contributed by atoms with van der Waals surface area (Å²) in [5.74, 6) is 0. The zero-order valence-corrected chi connectivity index (χ0v) is 12.7. The fourth-order valence-corrected chi connectivity index (χ4v) is 3.53. The minimum atomic E-state index is -3.37. The minimum absolute atomic E-state index is 0.360. The smallest absolute Gasteiger partial charge is 0.243 e. The van der Waals surface area contributed by atoms with E-state index in [1.54, 1.807) is 12.1 Å². The van der Waals surface area contributed by atoms with Crippen LogP contribution in [0.1, 0.15) is 18.9 Å².